The summed E-state index contributed by atoms with van der Waals surface area (Å²) in [5, 5.41) is 8.07. The van der Waals surface area contributed by atoms with Gasteiger partial charge in [0.15, 0.2) is 5.82 Å². The highest BCUT2D eigenvalue weighted by molar-refractivity contribution is 5.52. The Morgan fingerprint density at radius 2 is 1.79 bits per heavy atom. The molecular weight excluding hydrogens is 360 g/mol. The lowest BCUT2D eigenvalue weighted by molar-refractivity contribution is -0.0303. The first kappa shape index (κ1) is 18.5. The van der Waals surface area contributed by atoms with Crippen LogP contribution in [0.1, 0.15) is 57.3 Å². The van der Waals surface area contributed by atoms with Gasteiger partial charge in [0.05, 0.1) is 6.10 Å². The second kappa shape index (κ2) is 8.05. The van der Waals surface area contributed by atoms with Crippen molar-refractivity contribution in [3.8, 4) is 11.4 Å². The molecule has 1 saturated heterocycles. The topological polar surface area (TPSA) is 103 Å². The van der Waals surface area contributed by atoms with E-state index in [1.807, 2.05) is 32.9 Å². The van der Waals surface area contributed by atoms with Crippen molar-refractivity contribution < 1.29 is 13.8 Å². The smallest absolute Gasteiger partial charge is 0.324 e. The van der Waals surface area contributed by atoms with E-state index in [0.29, 0.717) is 17.7 Å². The lowest BCUT2D eigenvalue weighted by Gasteiger charge is -2.31. The van der Waals surface area contributed by atoms with E-state index in [4.69, 9.17) is 13.8 Å². The van der Waals surface area contributed by atoms with Crippen molar-refractivity contribution >= 4 is 6.01 Å². The van der Waals surface area contributed by atoms with Crippen LogP contribution in [0, 0.1) is 0 Å². The Morgan fingerprint density at radius 3 is 2.46 bits per heavy atom. The minimum absolute atomic E-state index is 0.120. The van der Waals surface area contributed by atoms with Gasteiger partial charge in [0, 0.05) is 37.0 Å². The minimum Gasteiger partial charge on any atom is -0.365 e. The summed E-state index contributed by atoms with van der Waals surface area (Å²) in [6.45, 7) is 7.65. The summed E-state index contributed by atoms with van der Waals surface area (Å²) in [5.74, 6) is 2.02. The molecule has 9 nitrogen and oxygen atoms in total. The van der Waals surface area contributed by atoms with Crippen molar-refractivity contribution in [2.75, 3.05) is 18.0 Å². The molecule has 0 unspecified atom stereocenters. The molecule has 0 aromatic carbocycles. The Labute approximate surface area is 163 Å². The van der Waals surface area contributed by atoms with Crippen LogP contribution >= 0.6 is 0 Å². The quantitative estimate of drug-likeness (QED) is 0.632. The van der Waals surface area contributed by atoms with Gasteiger partial charge in [-0.3, -0.25) is 4.98 Å². The van der Waals surface area contributed by atoms with Crippen LogP contribution in [-0.4, -0.2) is 44.5 Å². The Kier molecular flexibility index (Phi) is 5.34. The van der Waals surface area contributed by atoms with Crippen LogP contribution in [0.4, 0.5) is 6.01 Å². The highest BCUT2D eigenvalue weighted by Gasteiger charge is 2.27. The van der Waals surface area contributed by atoms with Crippen LogP contribution in [0.2, 0.25) is 0 Å². The second-order valence-corrected chi connectivity index (χ2v) is 7.25. The van der Waals surface area contributed by atoms with Gasteiger partial charge in [-0.1, -0.05) is 24.2 Å². The average molecular weight is 384 g/mol. The second-order valence-electron chi connectivity index (χ2n) is 7.25. The molecule has 28 heavy (non-hydrogen) atoms. The van der Waals surface area contributed by atoms with Crippen LogP contribution in [0.3, 0.4) is 0 Å². The van der Waals surface area contributed by atoms with Crippen molar-refractivity contribution in [3.05, 3.63) is 36.2 Å². The first-order valence-electron chi connectivity index (χ1n) is 9.58. The lowest BCUT2D eigenvalue weighted by atomic mass is 10.1. The van der Waals surface area contributed by atoms with E-state index in [-0.39, 0.29) is 18.1 Å². The van der Waals surface area contributed by atoms with Crippen molar-refractivity contribution in [1.29, 1.82) is 0 Å². The largest absolute Gasteiger partial charge is 0.365 e. The van der Waals surface area contributed by atoms with Gasteiger partial charge in [-0.25, -0.2) is 0 Å². The predicted octanol–water partition coefficient (Wildman–Crippen LogP) is 3.38. The first-order valence-corrected chi connectivity index (χ1v) is 9.58. The number of ether oxygens (including phenoxy) is 1. The fourth-order valence-electron chi connectivity index (χ4n) is 3.14. The lowest BCUT2D eigenvalue weighted by Crippen LogP contribution is -2.37. The molecule has 0 bridgehead atoms. The molecule has 3 aromatic heterocycles. The monoisotopic (exact) mass is 384 g/mol. The van der Waals surface area contributed by atoms with Gasteiger partial charge >= 0.3 is 6.01 Å². The Bertz CT molecular complexity index is 886. The van der Waals surface area contributed by atoms with Crippen molar-refractivity contribution in [1.82, 2.24) is 25.3 Å². The molecule has 0 amide bonds. The summed E-state index contributed by atoms with van der Waals surface area (Å²) in [6, 6.07) is 4.28. The molecular formula is C19H24N6O3. The maximum absolute atomic E-state index is 6.15. The van der Waals surface area contributed by atoms with Gasteiger partial charge < -0.3 is 18.7 Å². The highest BCUT2D eigenvalue weighted by atomic mass is 16.5. The van der Waals surface area contributed by atoms with Gasteiger partial charge in [0.1, 0.15) is 6.10 Å². The number of pyridine rings is 1. The van der Waals surface area contributed by atoms with Gasteiger partial charge in [-0.05, 0) is 31.9 Å². The molecule has 0 radical (unpaired) electrons. The van der Waals surface area contributed by atoms with E-state index in [2.05, 4.69) is 30.2 Å². The molecule has 148 valence electrons. The molecule has 0 spiro atoms. The maximum atomic E-state index is 6.15. The standard InChI is InChI=1S/C19H24N6O3/c1-12(2)16-22-19(28-23-16)25-10-6-15(7-11-25)26-13(3)18-21-17(24-27-18)14-4-8-20-9-5-14/h4-5,8-9,12-13,15H,6-7,10-11H2,1-3H3/t13-/m1/s1. The molecule has 9 heteroatoms. The summed E-state index contributed by atoms with van der Waals surface area (Å²) >= 11 is 0. The molecule has 0 aliphatic carbocycles. The van der Waals surface area contributed by atoms with Crippen molar-refractivity contribution in [2.45, 2.75) is 51.7 Å². The Balaban J connectivity index is 1.31. The fourth-order valence-corrected chi connectivity index (χ4v) is 3.14. The molecule has 3 aromatic rings. The van der Waals surface area contributed by atoms with Crippen LogP contribution in [0.15, 0.2) is 33.6 Å². The minimum atomic E-state index is -0.268. The van der Waals surface area contributed by atoms with Gasteiger partial charge in [0.25, 0.3) is 5.89 Å². The average Bonchev–Trinajstić information content (AvgIpc) is 3.39. The molecule has 4 heterocycles. The van der Waals surface area contributed by atoms with Gasteiger partial charge in [-0.2, -0.15) is 9.97 Å². The maximum Gasteiger partial charge on any atom is 0.324 e. The predicted molar refractivity (Wildman–Crippen MR) is 101 cm³/mol. The van der Waals surface area contributed by atoms with E-state index in [1.165, 1.54) is 0 Å². The van der Waals surface area contributed by atoms with Crippen molar-refractivity contribution in [3.63, 3.8) is 0 Å². The van der Waals surface area contributed by atoms with Crippen molar-refractivity contribution in [2.24, 2.45) is 0 Å². The molecule has 0 saturated carbocycles. The summed E-state index contributed by atoms with van der Waals surface area (Å²) in [6.07, 6.45) is 4.99. The van der Waals surface area contributed by atoms with Gasteiger partial charge in [0.2, 0.25) is 5.82 Å². The molecule has 1 atom stereocenters. The Morgan fingerprint density at radius 1 is 1.04 bits per heavy atom. The summed E-state index contributed by atoms with van der Waals surface area (Å²) in [5.41, 5.74) is 0.867. The van der Waals surface area contributed by atoms with E-state index in [9.17, 15) is 0 Å². The number of anilines is 1. The summed E-state index contributed by atoms with van der Waals surface area (Å²) in [7, 11) is 0. The van der Waals surface area contributed by atoms with Gasteiger partial charge in [-0.15, -0.1) is 0 Å². The number of nitrogens with zero attached hydrogens (tertiary/aromatic N) is 6. The van der Waals surface area contributed by atoms with Crippen LogP contribution < -0.4 is 4.90 Å². The third kappa shape index (κ3) is 4.04. The number of hydrogen-bond donors (Lipinski definition) is 0. The zero-order valence-electron chi connectivity index (χ0n) is 16.3. The summed E-state index contributed by atoms with van der Waals surface area (Å²) in [4.78, 5) is 15.0. The number of piperidine rings is 1. The molecule has 1 aliphatic rings. The molecule has 0 N–H and O–H groups in total. The molecule has 1 fully saturated rings. The normalized spacial score (nSPS) is 16.6. The third-order valence-electron chi connectivity index (χ3n) is 4.78. The number of hydrogen-bond acceptors (Lipinski definition) is 9. The van der Waals surface area contributed by atoms with Crippen LogP contribution in [-0.2, 0) is 4.74 Å². The highest BCUT2D eigenvalue weighted by Crippen LogP contribution is 2.26. The summed E-state index contributed by atoms with van der Waals surface area (Å²) < 4.78 is 16.9. The SMILES string of the molecule is CC(C)c1noc(N2CCC(O[C@H](C)c3nc(-c4ccncc4)no3)CC2)n1. The zero-order chi connectivity index (χ0) is 19.5. The first-order chi connectivity index (χ1) is 13.6. The molecule has 1 aliphatic heterocycles. The van der Waals surface area contributed by atoms with E-state index in [0.717, 1.165) is 37.3 Å². The fraction of sp³-hybridized carbons (Fsp3) is 0.526. The third-order valence-corrected chi connectivity index (χ3v) is 4.78. The van der Waals surface area contributed by atoms with E-state index >= 15 is 0 Å². The number of aromatic nitrogens is 5. The van der Waals surface area contributed by atoms with E-state index < -0.39 is 0 Å². The molecule has 4 rings (SSSR count). The van der Waals surface area contributed by atoms with E-state index in [1.54, 1.807) is 12.4 Å². The number of rotatable bonds is 6. The Hall–Kier alpha value is -2.81. The zero-order valence-corrected chi connectivity index (χ0v) is 16.3. The van der Waals surface area contributed by atoms with Crippen LogP contribution in [0.5, 0.6) is 0 Å². The van der Waals surface area contributed by atoms with Crippen LogP contribution in [0.25, 0.3) is 11.4 Å².